The van der Waals surface area contributed by atoms with Gasteiger partial charge in [0, 0.05) is 25.1 Å². The molecule has 0 unspecified atom stereocenters. The molecule has 2 heterocycles. The van der Waals surface area contributed by atoms with Gasteiger partial charge in [-0.1, -0.05) is 59.3 Å². The molecule has 0 radical (unpaired) electrons. The summed E-state index contributed by atoms with van der Waals surface area (Å²) in [5.74, 6) is 2.10. The third-order valence-corrected chi connectivity index (χ3v) is 5.81. The van der Waals surface area contributed by atoms with Gasteiger partial charge >= 0.3 is 6.03 Å². The van der Waals surface area contributed by atoms with Crippen molar-refractivity contribution < 1.29 is 14.1 Å². The number of amides is 2. The van der Waals surface area contributed by atoms with E-state index < -0.39 is 0 Å². The van der Waals surface area contributed by atoms with Crippen molar-refractivity contribution in [2.24, 2.45) is 0 Å². The summed E-state index contributed by atoms with van der Waals surface area (Å²) in [7, 11) is 0. The van der Waals surface area contributed by atoms with Gasteiger partial charge in [-0.15, -0.1) is 0 Å². The van der Waals surface area contributed by atoms with Crippen LogP contribution < -0.4 is 10.1 Å². The van der Waals surface area contributed by atoms with E-state index in [0.717, 1.165) is 41.9 Å². The molecule has 6 heteroatoms. The quantitative estimate of drug-likeness (QED) is 0.550. The average Bonchev–Trinajstić information content (AvgIpc) is 3.13. The predicted octanol–water partition coefficient (Wildman–Crippen LogP) is 5.62. The number of piperidine rings is 1. The molecular weight excluding hydrogens is 402 g/mol. The van der Waals surface area contributed by atoms with Crippen molar-refractivity contribution in [2.75, 3.05) is 25.0 Å². The van der Waals surface area contributed by atoms with Gasteiger partial charge in [-0.25, -0.2) is 4.79 Å². The summed E-state index contributed by atoms with van der Waals surface area (Å²) in [6.07, 6.45) is 4.80. The van der Waals surface area contributed by atoms with E-state index in [4.69, 9.17) is 9.26 Å². The van der Waals surface area contributed by atoms with Crippen LogP contribution in [0.25, 0.3) is 6.08 Å². The van der Waals surface area contributed by atoms with Crippen LogP contribution in [0.15, 0.2) is 64.7 Å². The molecule has 3 aromatic rings. The number of carbonyl (C=O) groups is 1. The number of likely N-dealkylation sites (tertiary alicyclic amines) is 1. The fraction of sp³-hybridized carbons (Fsp3) is 0.308. The van der Waals surface area contributed by atoms with E-state index in [2.05, 4.69) is 40.8 Å². The Morgan fingerprint density at radius 3 is 2.62 bits per heavy atom. The van der Waals surface area contributed by atoms with E-state index in [0.29, 0.717) is 25.5 Å². The molecule has 1 aliphatic rings. The molecule has 1 saturated heterocycles. The maximum atomic E-state index is 12.5. The Hall–Kier alpha value is -3.54. The lowest BCUT2D eigenvalue weighted by Crippen LogP contribution is -2.39. The minimum atomic E-state index is -0.130. The normalized spacial score (nSPS) is 13.7. The van der Waals surface area contributed by atoms with Crippen molar-refractivity contribution in [1.29, 1.82) is 0 Å². The molecule has 0 spiro atoms. The number of anilines is 1. The van der Waals surface area contributed by atoms with Gasteiger partial charge in [0.2, 0.25) is 0 Å². The molecule has 32 heavy (non-hydrogen) atoms. The highest BCUT2D eigenvalue weighted by atomic mass is 16.5. The first-order chi connectivity index (χ1) is 15.6. The molecule has 1 fully saturated rings. The van der Waals surface area contributed by atoms with Gasteiger partial charge in [0.15, 0.2) is 5.82 Å². The Bertz CT molecular complexity index is 1080. The minimum absolute atomic E-state index is 0.130. The van der Waals surface area contributed by atoms with E-state index >= 15 is 0 Å². The Morgan fingerprint density at radius 2 is 1.91 bits per heavy atom. The van der Waals surface area contributed by atoms with Crippen molar-refractivity contribution in [3.8, 4) is 5.75 Å². The largest absolute Gasteiger partial charge is 0.493 e. The highest BCUT2D eigenvalue weighted by Crippen LogP contribution is 2.23. The van der Waals surface area contributed by atoms with Crippen LogP contribution >= 0.6 is 0 Å². The first-order valence-corrected chi connectivity index (χ1v) is 11.0. The van der Waals surface area contributed by atoms with E-state index in [1.807, 2.05) is 49.1 Å². The molecule has 0 atom stereocenters. The predicted molar refractivity (Wildman–Crippen MR) is 126 cm³/mol. The van der Waals surface area contributed by atoms with Crippen LogP contribution in [0.2, 0.25) is 0 Å². The van der Waals surface area contributed by atoms with Gasteiger partial charge in [-0.05, 0) is 49.9 Å². The zero-order valence-corrected chi connectivity index (χ0v) is 18.6. The number of rotatable bonds is 6. The minimum Gasteiger partial charge on any atom is -0.493 e. The number of nitrogens with one attached hydrogen (secondary N) is 1. The lowest BCUT2D eigenvalue weighted by molar-refractivity contribution is 0.207. The molecule has 1 N–H and O–H groups in total. The van der Waals surface area contributed by atoms with Crippen LogP contribution in [0.1, 0.15) is 35.3 Å². The maximum absolute atomic E-state index is 12.5. The van der Waals surface area contributed by atoms with E-state index in [-0.39, 0.29) is 6.03 Å². The second-order valence-electron chi connectivity index (χ2n) is 8.09. The Morgan fingerprint density at radius 1 is 1.12 bits per heavy atom. The van der Waals surface area contributed by atoms with Gasteiger partial charge < -0.3 is 14.2 Å². The van der Waals surface area contributed by atoms with E-state index in [1.165, 1.54) is 11.1 Å². The van der Waals surface area contributed by atoms with Crippen molar-refractivity contribution in [2.45, 2.75) is 33.1 Å². The van der Waals surface area contributed by atoms with Gasteiger partial charge in [-0.3, -0.25) is 5.32 Å². The lowest BCUT2D eigenvalue weighted by atomic mass is 10.0. The highest BCUT2D eigenvalue weighted by molar-refractivity contribution is 5.89. The van der Waals surface area contributed by atoms with Crippen LogP contribution in [0, 0.1) is 13.8 Å². The second-order valence-corrected chi connectivity index (χ2v) is 8.09. The molecule has 2 amide bonds. The number of hydrogen-bond donors (Lipinski definition) is 1. The Labute approximate surface area is 188 Å². The number of hydrogen-bond acceptors (Lipinski definition) is 4. The number of ether oxygens (including phenoxy) is 1. The van der Waals surface area contributed by atoms with Crippen molar-refractivity contribution in [3.05, 3.63) is 82.6 Å². The summed E-state index contributed by atoms with van der Waals surface area (Å²) in [6, 6.07) is 18.4. The van der Waals surface area contributed by atoms with Crippen LogP contribution in [0.3, 0.4) is 0 Å². The SMILES string of the molecule is Cc1onc(NC(=O)N2CCC(=Cc3cccc(OCCc4ccccc4)c3)CC2)c1C. The number of aryl methyl sites for hydroxylation is 1. The molecule has 0 bridgehead atoms. The summed E-state index contributed by atoms with van der Waals surface area (Å²) in [5, 5.41) is 6.76. The molecule has 1 aromatic heterocycles. The topological polar surface area (TPSA) is 67.6 Å². The highest BCUT2D eigenvalue weighted by Gasteiger charge is 2.21. The molecule has 166 valence electrons. The molecule has 1 aliphatic heterocycles. The molecule has 4 rings (SSSR count). The monoisotopic (exact) mass is 431 g/mol. The molecular formula is C26H29N3O3. The number of benzene rings is 2. The molecule has 0 aliphatic carbocycles. The summed E-state index contributed by atoms with van der Waals surface area (Å²) in [4.78, 5) is 14.4. The van der Waals surface area contributed by atoms with Crippen LogP contribution in [-0.2, 0) is 6.42 Å². The van der Waals surface area contributed by atoms with Crippen molar-refractivity contribution in [3.63, 3.8) is 0 Å². The number of urea groups is 1. The zero-order valence-electron chi connectivity index (χ0n) is 18.6. The summed E-state index contributed by atoms with van der Waals surface area (Å²) in [6.45, 7) is 5.73. The van der Waals surface area contributed by atoms with Crippen LogP contribution in [0.5, 0.6) is 5.75 Å². The van der Waals surface area contributed by atoms with Gasteiger partial charge in [-0.2, -0.15) is 0 Å². The number of carbonyl (C=O) groups excluding carboxylic acids is 1. The molecule has 6 nitrogen and oxygen atoms in total. The fourth-order valence-corrected chi connectivity index (χ4v) is 3.72. The Balaban J connectivity index is 1.28. The third kappa shape index (κ3) is 5.58. The third-order valence-electron chi connectivity index (χ3n) is 5.81. The summed E-state index contributed by atoms with van der Waals surface area (Å²) in [5.41, 5.74) is 4.60. The van der Waals surface area contributed by atoms with Gasteiger partial charge in [0.25, 0.3) is 0 Å². The van der Waals surface area contributed by atoms with Gasteiger partial charge in [0.1, 0.15) is 11.5 Å². The fourth-order valence-electron chi connectivity index (χ4n) is 3.72. The molecule has 0 saturated carbocycles. The van der Waals surface area contributed by atoms with Crippen molar-refractivity contribution >= 4 is 17.9 Å². The summed E-state index contributed by atoms with van der Waals surface area (Å²) < 4.78 is 11.1. The number of aromatic nitrogens is 1. The molecule has 2 aromatic carbocycles. The summed E-state index contributed by atoms with van der Waals surface area (Å²) >= 11 is 0. The lowest BCUT2D eigenvalue weighted by Gasteiger charge is -2.28. The standard InChI is InChI=1S/C26H29N3O3/c1-19-20(2)32-28-25(19)27-26(30)29-14-11-22(12-15-29)17-23-9-6-10-24(18-23)31-16-13-21-7-4-3-5-8-21/h3-10,17-18H,11-16H2,1-2H3,(H,27,28,30). The maximum Gasteiger partial charge on any atom is 0.323 e. The first kappa shape index (κ1) is 21.7. The van der Waals surface area contributed by atoms with Crippen LogP contribution in [-0.4, -0.2) is 35.8 Å². The Kier molecular flexibility index (Phi) is 6.90. The average molecular weight is 432 g/mol. The first-order valence-electron chi connectivity index (χ1n) is 11.0. The smallest absolute Gasteiger partial charge is 0.323 e. The van der Waals surface area contributed by atoms with E-state index in [9.17, 15) is 4.79 Å². The van der Waals surface area contributed by atoms with E-state index in [1.54, 1.807) is 0 Å². The zero-order chi connectivity index (χ0) is 22.3. The van der Waals surface area contributed by atoms with Crippen LogP contribution in [0.4, 0.5) is 10.6 Å². The van der Waals surface area contributed by atoms with Gasteiger partial charge in [0.05, 0.1) is 6.61 Å². The second kappa shape index (κ2) is 10.2. The van der Waals surface area contributed by atoms with Crippen molar-refractivity contribution in [1.82, 2.24) is 10.1 Å². The number of nitrogens with zero attached hydrogens (tertiary/aromatic N) is 2.